The lowest BCUT2D eigenvalue weighted by Crippen LogP contribution is -2.43. The van der Waals surface area contributed by atoms with E-state index in [1.807, 2.05) is 32.0 Å². The predicted molar refractivity (Wildman–Crippen MR) is 90.9 cm³/mol. The first-order chi connectivity index (χ1) is 10.4. The molecule has 3 N–H and O–H groups in total. The van der Waals surface area contributed by atoms with Crippen LogP contribution in [0.1, 0.15) is 33.0 Å². The monoisotopic (exact) mass is 317 g/mol. The molecule has 0 unspecified atom stereocenters. The van der Waals surface area contributed by atoms with Crippen LogP contribution < -0.4 is 16.2 Å². The molecular weight excluding hydrogens is 298 g/mol. The number of hydrogen-bond acceptors (Lipinski definition) is 3. The Bertz CT molecular complexity index is 722. The number of nitrogens with one attached hydrogen (secondary N) is 3. The van der Waals surface area contributed by atoms with E-state index in [4.69, 9.17) is 16.6 Å². The summed E-state index contributed by atoms with van der Waals surface area (Å²) in [7, 11) is 0. The second-order valence-corrected chi connectivity index (χ2v) is 5.52. The van der Waals surface area contributed by atoms with Gasteiger partial charge in [-0.25, -0.2) is 0 Å². The largest absolute Gasteiger partial charge is 0.466 e. The number of rotatable bonds is 2. The number of furan rings is 1. The topological polar surface area (TPSA) is 66.3 Å². The predicted octanol–water partition coefficient (Wildman–Crippen LogP) is 3.14. The fourth-order valence-electron chi connectivity index (χ4n) is 2.08. The Hall–Kier alpha value is -2.34. The van der Waals surface area contributed by atoms with Gasteiger partial charge in [0, 0.05) is 5.69 Å². The van der Waals surface area contributed by atoms with Crippen molar-refractivity contribution in [1.82, 2.24) is 10.9 Å². The number of hydrazine groups is 1. The summed E-state index contributed by atoms with van der Waals surface area (Å²) in [6.07, 6.45) is 0. The molecule has 2 rings (SSSR count). The van der Waals surface area contributed by atoms with Crippen LogP contribution in [-0.2, 0) is 0 Å². The molecule has 0 atom stereocenters. The van der Waals surface area contributed by atoms with Gasteiger partial charge in [-0.2, -0.15) is 0 Å². The second kappa shape index (κ2) is 6.62. The van der Waals surface area contributed by atoms with Crippen molar-refractivity contribution in [3.63, 3.8) is 0 Å². The van der Waals surface area contributed by atoms with E-state index in [9.17, 15) is 4.79 Å². The van der Waals surface area contributed by atoms with E-state index in [0.717, 1.165) is 11.3 Å². The van der Waals surface area contributed by atoms with Crippen molar-refractivity contribution in [3.8, 4) is 0 Å². The minimum absolute atomic E-state index is 0.292. The molecule has 6 heteroatoms. The molecule has 0 saturated heterocycles. The molecule has 0 saturated carbocycles. The van der Waals surface area contributed by atoms with Crippen molar-refractivity contribution in [2.75, 3.05) is 5.32 Å². The molecule has 0 aliphatic carbocycles. The molecule has 116 valence electrons. The summed E-state index contributed by atoms with van der Waals surface area (Å²) in [5.41, 5.74) is 8.91. The van der Waals surface area contributed by atoms with E-state index < -0.39 is 0 Å². The summed E-state index contributed by atoms with van der Waals surface area (Å²) in [4.78, 5) is 12.0. The van der Waals surface area contributed by atoms with E-state index >= 15 is 0 Å². The highest BCUT2D eigenvalue weighted by molar-refractivity contribution is 7.80. The molecule has 0 spiro atoms. The number of benzene rings is 1. The lowest BCUT2D eigenvalue weighted by Gasteiger charge is -2.14. The van der Waals surface area contributed by atoms with Gasteiger partial charge in [-0.3, -0.25) is 15.6 Å². The average molecular weight is 317 g/mol. The molecule has 0 aliphatic rings. The first kappa shape index (κ1) is 16.0. The zero-order valence-corrected chi connectivity index (χ0v) is 13.9. The molecule has 1 aromatic heterocycles. The molecule has 1 amide bonds. The van der Waals surface area contributed by atoms with Crippen molar-refractivity contribution >= 4 is 28.9 Å². The zero-order valence-electron chi connectivity index (χ0n) is 13.0. The Labute approximate surface area is 135 Å². The van der Waals surface area contributed by atoms with E-state index in [1.165, 1.54) is 5.56 Å². The van der Waals surface area contributed by atoms with E-state index in [1.54, 1.807) is 19.9 Å². The molecule has 22 heavy (non-hydrogen) atoms. The third kappa shape index (κ3) is 3.65. The number of carbonyl (C=O) groups excluding carboxylic acids is 1. The van der Waals surface area contributed by atoms with Crippen molar-refractivity contribution < 1.29 is 9.21 Å². The summed E-state index contributed by atoms with van der Waals surface area (Å²) in [5, 5.41) is 3.38. The van der Waals surface area contributed by atoms with Gasteiger partial charge in [-0.1, -0.05) is 12.1 Å². The van der Waals surface area contributed by atoms with Crippen molar-refractivity contribution in [3.05, 3.63) is 52.5 Å². The number of aryl methyl sites for hydroxylation is 3. The Morgan fingerprint density at radius 3 is 2.50 bits per heavy atom. The number of carbonyl (C=O) groups is 1. The fraction of sp³-hybridized carbons (Fsp3) is 0.250. The van der Waals surface area contributed by atoms with Gasteiger partial charge in [0.15, 0.2) is 5.11 Å². The smallest absolute Gasteiger partial charge is 0.273 e. The van der Waals surface area contributed by atoms with Gasteiger partial charge in [0.25, 0.3) is 5.91 Å². The zero-order chi connectivity index (χ0) is 16.3. The molecule has 1 aromatic carbocycles. The fourth-order valence-corrected chi connectivity index (χ4v) is 2.24. The summed E-state index contributed by atoms with van der Waals surface area (Å²) >= 11 is 5.18. The Morgan fingerprint density at radius 2 is 1.86 bits per heavy atom. The maximum absolute atomic E-state index is 12.0. The lowest BCUT2D eigenvalue weighted by atomic mass is 10.1. The SMILES string of the molecule is Cc1cc(C(=O)NNC(=S)Nc2cccc(C)c2C)c(C)o1. The Morgan fingerprint density at radius 1 is 1.14 bits per heavy atom. The van der Waals surface area contributed by atoms with Gasteiger partial charge in [0.05, 0.1) is 5.56 Å². The summed E-state index contributed by atoms with van der Waals surface area (Å²) in [6.45, 7) is 7.58. The maximum atomic E-state index is 12.0. The first-order valence-electron chi connectivity index (χ1n) is 6.89. The van der Waals surface area contributed by atoms with Crippen LogP contribution in [0.15, 0.2) is 28.7 Å². The summed E-state index contributed by atoms with van der Waals surface area (Å²) in [5.74, 6) is 0.975. The van der Waals surface area contributed by atoms with Gasteiger partial charge < -0.3 is 9.73 Å². The quantitative estimate of drug-likeness (QED) is 0.586. The van der Waals surface area contributed by atoms with Crippen molar-refractivity contribution in [2.45, 2.75) is 27.7 Å². The third-order valence-electron chi connectivity index (χ3n) is 3.43. The number of amides is 1. The van der Waals surface area contributed by atoms with Crippen LogP contribution in [0.5, 0.6) is 0 Å². The maximum Gasteiger partial charge on any atom is 0.273 e. The Balaban J connectivity index is 1.94. The highest BCUT2D eigenvalue weighted by atomic mass is 32.1. The van der Waals surface area contributed by atoms with Gasteiger partial charge in [0.2, 0.25) is 0 Å². The third-order valence-corrected chi connectivity index (χ3v) is 3.63. The average Bonchev–Trinajstić information content (AvgIpc) is 2.80. The molecule has 5 nitrogen and oxygen atoms in total. The highest BCUT2D eigenvalue weighted by Crippen LogP contribution is 2.17. The minimum atomic E-state index is -0.292. The Kier molecular flexibility index (Phi) is 4.82. The molecule has 1 heterocycles. The number of thiocarbonyl (C=S) groups is 1. The molecular formula is C16H19N3O2S. The number of anilines is 1. The first-order valence-corrected chi connectivity index (χ1v) is 7.30. The normalized spacial score (nSPS) is 10.2. The standard InChI is InChI=1S/C16H19N3O2S/c1-9-6-5-7-14(11(9)3)17-16(22)19-18-15(20)13-8-10(2)21-12(13)4/h5-8H,1-4H3,(H,18,20)(H2,17,19,22). The lowest BCUT2D eigenvalue weighted by molar-refractivity contribution is 0.0942. The molecule has 2 aromatic rings. The minimum Gasteiger partial charge on any atom is -0.466 e. The molecule has 0 fully saturated rings. The number of hydrogen-bond donors (Lipinski definition) is 3. The van der Waals surface area contributed by atoms with Crippen molar-refractivity contribution in [2.24, 2.45) is 0 Å². The van der Waals surface area contributed by atoms with Crippen molar-refractivity contribution in [1.29, 1.82) is 0 Å². The molecule has 0 bridgehead atoms. The molecule has 0 aliphatic heterocycles. The van der Waals surface area contributed by atoms with Crippen LogP contribution in [0.2, 0.25) is 0 Å². The van der Waals surface area contributed by atoms with Crippen LogP contribution in [0.3, 0.4) is 0 Å². The van der Waals surface area contributed by atoms with Crippen LogP contribution in [0, 0.1) is 27.7 Å². The van der Waals surface area contributed by atoms with E-state index in [0.29, 0.717) is 22.2 Å². The van der Waals surface area contributed by atoms with Gasteiger partial charge in [0.1, 0.15) is 11.5 Å². The van der Waals surface area contributed by atoms with Crippen LogP contribution in [0.25, 0.3) is 0 Å². The highest BCUT2D eigenvalue weighted by Gasteiger charge is 2.13. The van der Waals surface area contributed by atoms with Gasteiger partial charge in [-0.15, -0.1) is 0 Å². The van der Waals surface area contributed by atoms with E-state index in [2.05, 4.69) is 16.2 Å². The van der Waals surface area contributed by atoms with Crippen LogP contribution in [0.4, 0.5) is 5.69 Å². The van der Waals surface area contributed by atoms with Gasteiger partial charge in [-0.05, 0) is 63.2 Å². The van der Waals surface area contributed by atoms with Crippen LogP contribution in [-0.4, -0.2) is 11.0 Å². The van der Waals surface area contributed by atoms with Gasteiger partial charge >= 0.3 is 0 Å². The second-order valence-electron chi connectivity index (χ2n) is 5.11. The van der Waals surface area contributed by atoms with Crippen LogP contribution >= 0.6 is 12.2 Å². The molecule has 0 radical (unpaired) electrons. The summed E-state index contributed by atoms with van der Waals surface area (Å²) in [6, 6.07) is 7.60. The summed E-state index contributed by atoms with van der Waals surface area (Å²) < 4.78 is 5.33. The van der Waals surface area contributed by atoms with E-state index in [-0.39, 0.29) is 5.91 Å².